The van der Waals surface area contributed by atoms with Crippen LogP contribution in [0.15, 0.2) is 80.6 Å². The van der Waals surface area contributed by atoms with Gasteiger partial charge in [-0.15, -0.1) is 16.4 Å². The highest BCUT2D eigenvalue weighted by Gasteiger charge is 2.20. The fourth-order valence-corrected chi connectivity index (χ4v) is 6.04. The molecule has 0 aliphatic heterocycles. The first-order valence-electron chi connectivity index (χ1n) is 12.6. The number of aromatic nitrogens is 6. The van der Waals surface area contributed by atoms with Gasteiger partial charge in [0, 0.05) is 46.3 Å². The number of thiophene rings is 1. The Morgan fingerprint density at radius 2 is 2.02 bits per heavy atom. The first-order chi connectivity index (χ1) is 19.5. The number of aliphatic carboxylic acids is 1. The van der Waals surface area contributed by atoms with Crippen LogP contribution in [-0.2, 0) is 24.2 Å². The number of hydrogen-bond donors (Lipinski definition) is 2. The lowest BCUT2D eigenvalue weighted by Gasteiger charge is -2.11. The standard InChI is InChI=1S/C29H23BrN6O3S/c1-2-25-31-15-19(13-18(29(37)38)14-20-6-5-11-40-20)36(25)16-17-9-10-24-23(12-17)26(30)27(39-24)21-7-3-4-8-22(21)28-32-34-35-33-28/h3-13,15H,2,14,16H2,1H3,(H,37,38)(H,32,33,34,35)/b18-13+. The van der Waals surface area contributed by atoms with Crippen molar-refractivity contribution in [1.82, 2.24) is 30.2 Å². The quantitative estimate of drug-likeness (QED) is 0.175. The van der Waals surface area contributed by atoms with Gasteiger partial charge in [0.2, 0.25) is 0 Å². The molecule has 9 nitrogen and oxygen atoms in total. The second kappa shape index (κ2) is 11.0. The van der Waals surface area contributed by atoms with E-state index in [4.69, 9.17) is 4.42 Å². The van der Waals surface area contributed by atoms with Crippen molar-refractivity contribution in [1.29, 1.82) is 0 Å². The number of carbonyl (C=O) groups is 1. The number of tetrazole rings is 1. The van der Waals surface area contributed by atoms with Crippen molar-refractivity contribution in [3.05, 3.63) is 98.2 Å². The summed E-state index contributed by atoms with van der Waals surface area (Å²) in [7, 11) is 0. The molecule has 0 spiro atoms. The SMILES string of the molecule is CCc1ncc(/C=C(\Cc2cccs2)C(=O)O)n1Cc1ccc2oc(-c3ccccc3-c3nnn[nH]3)c(Br)c2c1. The van der Waals surface area contributed by atoms with Crippen LogP contribution in [0.2, 0.25) is 0 Å². The molecule has 0 fully saturated rings. The van der Waals surface area contributed by atoms with Gasteiger partial charge in [-0.25, -0.2) is 14.9 Å². The van der Waals surface area contributed by atoms with Crippen LogP contribution in [0.3, 0.4) is 0 Å². The molecule has 0 bridgehead atoms. The first kappa shape index (κ1) is 25.9. The van der Waals surface area contributed by atoms with Gasteiger partial charge < -0.3 is 14.1 Å². The monoisotopic (exact) mass is 614 g/mol. The maximum absolute atomic E-state index is 12.1. The molecule has 6 rings (SSSR count). The van der Waals surface area contributed by atoms with Gasteiger partial charge in [0.25, 0.3) is 0 Å². The van der Waals surface area contributed by atoms with E-state index in [1.807, 2.05) is 60.8 Å². The number of nitrogens with zero attached hydrogens (tertiary/aromatic N) is 5. The van der Waals surface area contributed by atoms with Crippen LogP contribution in [0.25, 0.3) is 39.8 Å². The van der Waals surface area contributed by atoms with E-state index in [1.54, 1.807) is 23.6 Å². The van der Waals surface area contributed by atoms with Crippen LogP contribution >= 0.6 is 27.3 Å². The molecule has 11 heteroatoms. The van der Waals surface area contributed by atoms with Crippen molar-refractivity contribution >= 4 is 50.3 Å². The Bertz CT molecular complexity index is 1840. The summed E-state index contributed by atoms with van der Waals surface area (Å²) >= 11 is 5.32. The number of aromatic amines is 1. The molecule has 0 amide bonds. The lowest BCUT2D eigenvalue weighted by atomic mass is 10.0. The van der Waals surface area contributed by atoms with Gasteiger partial charge in [0.1, 0.15) is 17.2 Å². The van der Waals surface area contributed by atoms with Crippen LogP contribution in [-0.4, -0.2) is 41.3 Å². The summed E-state index contributed by atoms with van der Waals surface area (Å²) in [5.74, 6) is 1.18. The number of carboxylic acids is 1. The second-order valence-electron chi connectivity index (χ2n) is 9.14. The Labute approximate surface area is 241 Å². The lowest BCUT2D eigenvalue weighted by molar-refractivity contribution is -0.132. The van der Waals surface area contributed by atoms with E-state index in [0.29, 0.717) is 30.1 Å². The normalized spacial score (nSPS) is 11.9. The van der Waals surface area contributed by atoms with E-state index in [-0.39, 0.29) is 0 Å². The molecule has 0 saturated heterocycles. The Kier molecular flexibility index (Phi) is 7.14. The molecule has 0 radical (unpaired) electrons. The number of H-pyrrole nitrogens is 1. The minimum absolute atomic E-state index is 0.324. The number of imidazole rings is 1. The Hall–Kier alpha value is -4.35. The highest BCUT2D eigenvalue weighted by Crippen LogP contribution is 2.41. The van der Waals surface area contributed by atoms with Crippen molar-refractivity contribution < 1.29 is 14.3 Å². The Balaban J connectivity index is 1.36. The summed E-state index contributed by atoms with van der Waals surface area (Å²) in [6.45, 7) is 2.57. The maximum atomic E-state index is 12.1. The number of rotatable bonds is 9. The summed E-state index contributed by atoms with van der Waals surface area (Å²) in [6, 6.07) is 17.7. The van der Waals surface area contributed by atoms with Crippen molar-refractivity contribution in [3.8, 4) is 22.7 Å². The van der Waals surface area contributed by atoms with Gasteiger partial charge in [-0.05, 0) is 61.6 Å². The fourth-order valence-electron chi connectivity index (χ4n) is 4.71. The first-order valence-corrected chi connectivity index (χ1v) is 14.2. The molecule has 4 aromatic heterocycles. The third-order valence-corrected chi connectivity index (χ3v) is 8.30. The van der Waals surface area contributed by atoms with Gasteiger partial charge in [0.05, 0.1) is 16.4 Å². The number of aryl methyl sites for hydroxylation is 1. The smallest absolute Gasteiger partial charge is 0.332 e. The summed E-state index contributed by atoms with van der Waals surface area (Å²) in [5, 5.41) is 27.1. The van der Waals surface area contributed by atoms with Crippen molar-refractivity contribution in [2.75, 3.05) is 0 Å². The third kappa shape index (κ3) is 5.01. The molecule has 6 aromatic rings. The number of benzene rings is 2. The van der Waals surface area contributed by atoms with Crippen LogP contribution in [0, 0.1) is 0 Å². The number of hydrogen-bond acceptors (Lipinski definition) is 7. The Morgan fingerprint density at radius 3 is 2.75 bits per heavy atom. The topological polar surface area (TPSA) is 123 Å². The predicted octanol–water partition coefficient (Wildman–Crippen LogP) is 6.62. The zero-order chi connectivity index (χ0) is 27.6. The number of furan rings is 1. The number of fused-ring (bicyclic) bond motifs is 1. The third-order valence-electron chi connectivity index (χ3n) is 6.63. The molecule has 0 atom stereocenters. The van der Waals surface area contributed by atoms with Gasteiger partial charge in [0.15, 0.2) is 5.82 Å². The highest BCUT2D eigenvalue weighted by atomic mass is 79.9. The van der Waals surface area contributed by atoms with Gasteiger partial charge in [-0.1, -0.05) is 43.3 Å². The summed E-state index contributed by atoms with van der Waals surface area (Å²) in [6.07, 6.45) is 4.56. The van der Waals surface area contributed by atoms with E-state index in [0.717, 1.165) is 54.9 Å². The molecule has 0 unspecified atom stereocenters. The molecule has 2 N–H and O–H groups in total. The molecule has 4 heterocycles. The molecule has 0 aliphatic carbocycles. The predicted molar refractivity (Wildman–Crippen MR) is 157 cm³/mol. The maximum Gasteiger partial charge on any atom is 0.332 e. The van der Waals surface area contributed by atoms with Gasteiger partial charge in [-0.2, -0.15) is 0 Å². The number of carboxylic acid groups (broad SMARTS) is 1. The minimum atomic E-state index is -0.933. The molecular weight excluding hydrogens is 592 g/mol. The number of halogens is 1. The van der Waals surface area contributed by atoms with Crippen molar-refractivity contribution in [3.63, 3.8) is 0 Å². The van der Waals surface area contributed by atoms with Gasteiger partial charge in [-0.3, -0.25) is 0 Å². The molecule has 0 saturated carbocycles. The second-order valence-corrected chi connectivity index (χ2v) is 11.0. The van der Waals surface area contributed by atoms with E-state index in [9.17, 15) is 9.90 Å². The van der Waals surface area contributed by atoms with E-state index >= 15 is 0 Å². The summed E-state index contributed by atoms with van der Waals surface area (Å²) < 4.78 is 9.19. The average Bonchev–Trinajstić information content (AvgIpc) is 3.78. The number of nitrogens with one attached hydrogen (secondary N) is 1. The fraction of sp³-hybridized carbons (Fsp3) is 0.138. The molecule has 0 aliphatic rings. The average molecular weight is 616 g/mol. The largest absolute Gasteiger partial charge is 0.478 e. The molecule has 200 valence electrons. The van der Waals surface area contributed by atoms with E-state index < -0.39 is 5.97 Å². The van der Waals surface area contributed by atoms with Crippen molar-refractivity contribution in [2.24, 2.45) is 0 Å². The minimum Gasteiger partial charge on any atom is -0.478 e. The Morgan fingerprint density at radius 1 is 1.18 bits per heavy atom. The van der Waals surface area contributed by atoms with Crippen molar-refractivity contribution in [2.45, 2.75) is 26.3 Å². The van der Waals surface area contributed by atoms with Crippen LogP contribution in [0.5, 0.6) is 0 Å². The van der Waals surface area contributed by atoms with Crippen LogP contribution in [0.4, 0.5) is 0 Å². The molecule has 2 aromatic carbocycles. The molecular formula is C29H23BrN6O3S. The summed E-state index contributed by atoms with van der Waals surface area (Å²) in [5.41, 5.74) is 4.53. The van der Waals surface area contributed by atoms with E-state index in [2.05, 4.69) is 52.2 Å². The van der Waals surface area contributed by atoms with Crippen LogP contribution in [0.1, 0.15) is 28.9 Å². The van der Waals surface area contributed by atoms with Gasteiger partial charge >= 0.3 is 5.97 Å². The van der Waals surface area contributed by atoms with E-state index in [1.165, 1.54) is 0 Å². The lowest BCUT2D eigenvalue weighted by Crippen LogP contribution is -2.08. The summed E-state index contributed by atoms with van der Waals surface area (Å²) in [4.78, 5) is 17.6. The highest BCUT2D eigenvalue weighted by molar-refractivity contribution is 9.10. The molecule has 40 heavy (non-hydrogen) atoms. The zero-order valence-electron chi connectivity index (χ0n) is 21.3. The van der Waals surface area contributed by atoms with Crippen LogP contribution < -0.4 is 0 Å². The zero-order valence-corrected chi connectivity index (χ0v) is 23.7.